The Bertz CT molecular complexity index is 305. The van der Waals surface area contributed by atoms with E-state index in [2.05, 4.69) is 10.6 Å². The van der Waals surface area contributed by atoms with Crippen molar-refractivity contribution in [1.29, 1.82) is 0 Å². The fourth-order valence-corrected chi connectivity index (χ4v) is 1.48. The van der Waals surface area contributed by atoms with Crippen LogP contribution in [0.2, 0.25) is 0 Å². The van der Waals surface area contributed by atoms with Gasteiger partial charge in [0.1, 0.15) is 5.75 Å². The molecule has 96 valence electrons. The van der Waals surface area contributed by atoms with Crippen molar-refractivity contribution in [3.05, 3.63) is 24.3 Å². The van der Waals surface area contributed by atoms with E-state index in [0.717, 1.165) is 37.7 Å². The Morgan fingerprint density at radius 1 is 1.12 bits per heavy atom. The molecule has 0 aromatic heterocycles. The number of nitrogens with one attached hydrogen (secondary N) is 2. The molecule has 0 aliphatic carbocycles. The monoisotopic (exact) mass is 238 g/mol. The lowest BCUT2D eigenvalue weighted by atomic mass is 10.3. The number of benzene rings is 1. The molecule has 0 atom stereocenters. The molecular weight excluding hydrogens is 216 g/mol. The third-order valence-corrected chi connectivity index (χ3v) is 2.29. The van der Waals surface area contributed by atoms with Crippen molar-refractivity contribution in [2.45, 2.75) is 6.92 Å². The van der Waals surface area contributed by atoms with E-state index in [1.54, 1.807) is 7.11 Å². The molecule has 0 aliphatic heterocycles. The predicted molar refractivity (Wildman–Crippen MR) is 70.8 cm³/mol. The van der Waals surface area contributed by atoms with Crippen LogP contribution in [0.5, 0.6) is 5.75 Å². The zero-order chi connectivity index (χ0) is 12.3. The van der Waals surface area contributed by atoms with E-state index in [1.807, 2.05) is 31.2 Å². The molecule has 0 saturated heterocycles. The highest BCUT2D eigenvalue weighted by Gasteiger charge is 2.00. The maximum absolute atomic E-state index is 5.53. The van der Waals surface area contributed by atoms with E-state index in [1.165, 1.54) is 0 Å². The smallest absolute Gasteiger partial charge is 0.142 e. The second-order valence-corrected chi connectivity index (χ2v) is 3.60. The first-order chi connectivity index (χ1) is 8.38. The zero-order valence-electron chi connectivity index (χ0n) is 10.7. The van der Waals surface area contributed by atoms with Crippen LogP contribution in [-0.4, -0.2) is 40.0 Å². The normalized spacial score (nSPS) is 10.2. The second-order valence-electron chi connectivity index (χ2n) is 3.60. The van der Waals surface area contributed by atoms with E-state index in [9.17, 15) is 0 Å². The van der Waals surface area contributed by atoms with Gasteiger partial charge in [0.25, 0.3) is 0 Å². The lowest BCUT2D eigenvalue weighted by Gasteiger charge is -2.12. The maximum atomic E-state index is 5.53. The van der Waals surface area contributed by atoms with E-state index in [-0.39, 0.29) is 0 Å². The van der Waals surface area contributed by atoms with Gasteiger partial charge in [0, 0.05) is 26.7 Å². The third kappa shape index (κ3) is 5.56. The number of anilines is 1. The first kappa shape index (κ1) is 13.8. The van der Waals surface area contributed by atoms with E-state index >= 15 is 0 Å². The Morgan fingerprint density at radius 2 is 1.94 bits per heavy atom. The van der Waals surface area contributed by atoms with Gasteiger partial charge in [0.2, 0.25) is 0 Å². The molecule has 1 rings (SSSR count). The van der Waals surface area contributed by atoms with Gasteiger partial charge in [-0.05, 0) is 19.1 Å². The van der Waals surface area contributed by atoms with Gasteiger partial charge in [-0.15, -0.1) is 0 Å². The molecular formula is C13H22N2O2. The van der Waals surface area contributed by atoms with Crippen molar-refractivity contribution in [2.24, 2.45) is 0 Å². The van der Waals surface area contributed by atoms with Gasteiger partial charge in [0.05, 0.1) is 18.9 Å². The van der Waals surface area contributed by atoms with Crippen LogP contribution in [0, 0.1) is 0 Å². The number of rotatable bonds is 9. The van der Waals surface area contributed by atoms with Crippen LogP contribution in [0.15, 0.2) is 24.3 Å². The van der Waals surface area contributed by atoms with E-state index in [0.29, 0.717) is 6.61 Å². The quantitative estimate of drug-likeness (QED) is 0.643. The molecule has 0 heterocycles. The SMILES string of the molecule is CCOc1ccccc1NCCNCCOC. The summed E-state index contributed by atoms with van der Waals surface area (Å²) in [6.07, 6.45) is 0. The fraction of sp³-hybridized carbons (Fsp3) is 0.538. The van der Waals surface area contributed by atoms with Gasteiger partial charge in [-0.25, -0.2) is 0 Å². The standard InChI is InChI=1S/C13H22N2O2/c1-3-17-13-7-5-4-6-12(13)15-9-8-14-10-11-16-2/h4-7,14-15H,3,8-11H2,1-2H3. The summed E-state index contributed by atoms with van der Waals surface area (Å²) in [5.41, 5.74) is 1.04. The molecule has 0 saturated carbocycles. The van der Waals surface area contributed by atoms with Crippen LogP contribution in [0.3, 0.4) is 0 Å². The van der Waals surface area contributed by atoms with E-state index < -0.39 is 0 Å². The molecule has 1 aromatic rings. The van der Waals surface area contributed by atoms with Gasteiger partial charge in [-0.1, -0.05) is 12.1 Å². The highest BCUT2D eigenvalue weighted by molar-refractivity contribution is 5.56. The molecule has 0 fully saturated rings. The minimum atomic E-state index is 0.685. The lowest BCUT2D eigenvalue weighted by molar-refractivity contribution is 0.200. The molecule has 17 heavy (non-hydrogen) atoms. The summed E-state index contributed by atoms with van der Waals surface area (Å²) in [4.78, 5) is 0. The molecule has 4 heteroatoms. The van der Waals surface area contributed by atoms with Crippen molar-refractivity contribution < 1.29 is 9.47 Å². The second kappa shape index (κ2) is 8.84. The van der Waals surface area contributed by atoms with Crippen LogP contribution in [0.4, 0.5) is 5.69 Å². The largest absolute Gasteiger partial charge is 0.492 e. The lowest BCUT2D eigenvalue weighted by Crippen LogP contribution is -2.25. The third-order valence-electron chi connectivity index (χ3n) is 2.29. The van der Waals surface area contributed by atoms with Crippen molar-refractivity contribution in [1.82, 2.24) is 5.32 Å². The summed E-state index contributed by atoms with van der Waals surface area (Å²) in [7, 11) is 1.71. The van der Waals surface area contributed by atoms with Crippen LogP contribution >= 0.6 is 0 Å². The molecule has 4 nitrogen and oxygen atoms in total. The highest BCUT2D eigenvalue weighted by atomic mass is 16.5. The average Bonchev–Trinajstić information content (AvgIpc) is 2.36. The summed E-state index contributed by atoms with van der Waals surface area (Å²) >= 11 is 0. The Hall–Kier alpha value is -1.26. The molecule has 1 aromatic carbocycles. The van der Waals surface area contributed by atoms with Crippen molar-refractivity contribution >= 4 is 5.69 Å². The van der Waals surface area contributed by atoms with Crippen molar-refractivity contribution in [3.8, 4) is 5.75 Å². The summed E-state index contributed by atoms with van der Waals surface area (Å²) in [6, 6.07) is 7.99. The predicted octanol–water partition coefficient (Wildman–Crippen LogP) is 1.73. The molecule has 0 unspecified atom stereocenters. The first-order valence-electron chi connectivity index (χ1n) is 6.03. The maximum Gasteiger partial charge on any atom is 0.142 e. The Labute approximate surface area is 103 Å². The van der Waals surface area contributed by atoms with Gasteiger partial charge < -0.3 is 20.1 Å². The van der Waals surface area contributed by atoms with E-state index in [4.69, 9.17) is 9.47 Å². The molecule has 0 radical (unpaired) electrons. The highest BCUT2D eigenvalue weighted by Crippen LogP contribution is 2.22. The minimum absolute atomic E-state index is 0.685. The average molecular weight is 238 g/mol. The number of hydrogen-bond acceptors (Lipinski definition) is 4. The summed E-state index contributed by atoms with van der Waals surface area (Å²) in [6.45, 7) is 6.08. The fourth-order valence-electron chi connectivity index (χ4n) is 1.48. The van der Waals surface area contributed by atoms with Gasteiger partial charge in [-0.3, -0.25) is 0 Å². The molecule has 0 spiro atoms. The molecule has 0 bridgehead atoms. The summed E-state index contributed by atoms with van der Waals surface area (Å²) < 4.78 is 10.5. The number of hydrogen-bond donors (Lipinski definition) is 2. The van der Waals surface area contributed by atoms with Gasteiger partial charge >= 0.3 is 0 Å². The first-order valence-corrected chi connectivity index (χ1v) is 6.03. The number of methoxy groups -OCH3 is 1. The number of para-hydroxylation sites is 2. The minimum Gasteiger partial charge on any atom is -0.492 e. The summed E-state index contributed by atoms with van der Waals surface area (Å²) in [5, 5.41) is 6.63. The Kier molecular flexibility index (Phi) is 7.18. The van der Waals surface area contributed by atoms with Crippen molar-refractivity contribution in [3.63, 3.8) is 0 Å². The topological polar surface area (TPSA) is 42.5 Å². The van der Waals surface area contributed by atoms with Crippen LogP contribution in [0.1, 0.15) is 6.92 Å². The molecule has 0 aliphatic rings. The Morgan fingerprint density at radius 3 is 2.71 bits per heavy atom. The van der Waals surface area contributed by atoms with Crippen molar-refractivity contribution in [2.75, 3.05) is 45.3 Å². The summed E-state index contributed by atoms with van der Waals surface area (Å²) in [5.74, 6) is 0.909. The molecule has 0 amide bonds. The van der Waals surface area contributed by atoms with Crippen LogP contribution in [-0.2, 0) is 4.74 Å². The van der Waals surface area contributed by atoms with Gasteiger partial charge in [0.15, 0.2) is 0 Å². The van der Waals surface area contributed by atoms with Gasteiger partial charge in [-0.2, -0.15) is 0 Å². The zero-order valence-corrected chi connectivity index (χ0v) is 10.7. The number of ether oxygens (including phenoxy) is 2. The molecule has 2 N–H and O–H groups in total. The van der Waals surface area contributed by atoms with Crippen LogP contribution < -0.4 is 15.4 Å². The van der Waals surface area contributed by atoms with Crippen LogP contribution in [0.25, 0.3) is 0 Å². The Balaban J connectivity index is 2.25.